The van der Waals surface area contributed by atoms with E-state index < -0.39 is 0 Å². The number of hydrogen-bond acceptors (Lipinski definition) is 7. The Morgan fingerprint density at radius 1 is 0.933 bits per heavy atom. The predicted molar refractivity (Wildman–Crippen MR) is 116 cm³/mol. The summed E-state index contributed by atoms with van der Waals surface area (Å²) in [6.07, 6.45) is 0. The third kappa shape index (κ3) is 4.93. The molecule has 2 aromatic carbocycles. The van der Waals surface area contributed by atoms with Crippen LogP contribution in [0.1, 0.15) is 39.6 Å². The summed E-state index contributed by atoms with van der Waals surface area (Å²) in [7, 11) is 0. The quantitative estimate of drug-likeness (QED) is 0.561. The van der Waals surface area contributed by atoms with E-state index in [0.29, 0.717) is 52.2 Å². The lowest BCUT2D eigenvalue weighted by Crippen LogP contribution is -2.15. The predicted octanol–water partition coefficient (Wildman–Crippen LogP) is 4.15. The molecule has 0 fully saturated rings. The van der Waals surface area contributed by atoms with Crippen LogP contribution in [0.5, 0.6) is 11.5 Å². The number of nitrogens with one attached hydrogen (secondary N) is 2. The third-order valence-electron chi connectivity index (χ3n) is 4.07. The second-order valence-electron chi connectivity index (χ2n) is 6.17. The Bertz CT molecular complexity index is 1040. The molecule has 0 unspecified atom stereocenters. The molecule has 0 aliphatic rings. The lowest BCUT2D eigenvalue weighted by atomic mass is 10.2. The number of carbonyl (C=O) groups is 2. The van der Waals surface area contributed by atoms with E-state index in [1.54, 1.807) is 43.3 Å². The highest BCUT2D eigenvalue weighted by Gasteiger charge is 2.19. The molecule has 0 aliphatic heterocycles. The van der Waals surface area contributed by atoms with Gasteiger partial charge in [0.25, 0.3) is 11.8 Å². The molecule has 0 radical (unpaired) electrons. The van der Waals surface area contributed by atoms with Crippen molar-refractivity contribution in [3.05, 3.63) is 58.6 Å². The second kappa shape index (κ2) is 9.84. The van der Waals surface area contributed by atoms with Gasteiger partial charge in [0.1, 0.15) is 16.4 Å². The van der Waals surface area contributed by atoms with Gasteiger partial charge in [0.15, 0.2) is 0 Å². The Hall–Kier alpha value is -3.46. The number of hydrogen-bond donors (Lipinski definition) is 2. The van der Waals surface area contributed by atoms with Crippen molar-refractivity contribution >= 4 is 34.7 Å². The molecule has 0 aliphatic carbocycles. The Kier molecular flexibility index (Phi) is 6.97. The third-order valence-corrected chi connectivity index (χ3v) is 4.90. The molecule has 0 saturated heterocycles. The van der Waals surface area contributed by atoms with Gasteiger partial charge in [-0.1, -0.05) is 22.7 Å². The maximum Gasteiger partial charge on any atom is 0.269 e. The minimum absolute atomic E-state index is 0.276. The summed E-state index contributed by atoms with van der Waals surface area (Å²) in [4.78, 5) is 25.6. The summed E-state index contributed by atoms with van der Waals surface area (Å²) >= 11 is 1.02. The van der Waals surface area contributed by atoms with E-state index in [1.165, 1.54) is 0 Å². The first-order valence-electron chi connectivity index (χ1n) is 9.43. The van der Waals surface area contributed by atoms with Crippen LogP contribution in [-0.2, 0) is 0 Å². The highest BCUT2D eigenvalue weighted by Crippen LogP contribution is 2.37. The summed E-state index contributed by atoms with van der Waals surface area (Å²) in [6.45, 7) is 6.15. The van der Waals surface area contributed by atoms with Crippen molar-refractivity contribution < 1.29 is 19.1 Å². The lowest BCUT2D eigenvalue weighted by Gasteiger charge is -2.17. The first-order chi connectivity index (χ1) is 14.5. The van der Waals surface area contributed by atoms with Gasteiger partial charge in [0.05, 0.1) is 30.3 Å². The number of carbonyl (C=O) groups excluding carboxylic acids is 2. The number of ether oxygens (including phenoxy) is 2. The maximum absolute atomic E-state index is 12.6. The molecule has 1 heterocycles. The highest BCUT2D eigenvalue weighted by molar-refractivity contribution is 7.08. The van der Waals surface area contributed by atoms with E-state index in [1.807, 2.05) is 19.9 Å². The van der Waals surface area contributed by atoms with E-state index in [4.69, 9.17) is 9.47 Å². The molecule has 1 aromatic heterocycles. The van der Waals surface area contributed by atoms with Gasteiger partial charge in [-0.05, 0) is 44.4 Å². The summed E-state index contributed by atoms with van der Waals surface area (Å²) in [5.41, 5.74) is 1.94. The fourth-order valence-electron chi connectivity index (χ4n) is 2.71. The van der Waals surface area contributed by atoms with Gasteiger partial charge in [-0.3, -0.25) is 9.59 Å². The molecule has 2 amide bonds. The molecule has 156 valence electrons. The number of anilines is 2. The Morgan fingerprint density at radius 2 is 1.50 bits per heavy atom. The number of aryl methyl sites for hydroxylation is 1. The van der Waals surface area contributed by atoms with E-state index in [2.05, 4.69) is 20.2 Å². The first-order valence-corrected chi connectivity index (χ1v) is 10.2. The van der Waals surface area contributed by atoms with E-state index in [-0.39, 0.29) is 11.8 Å². The van der Waals surface area contributed by atoms with Crippen LogP contribution in [0.2, 0.25) is 0 Å². The molecule has 0 saturated carbocycles. The van der Waals surface area contributed by atoms with Gasteiger partial charge >= 0.3 is 0 Å². The minimum Gasteiger partial charge on any atom is -0.492 e. The van der Waals surface area contributed by atoms with Crippen molar-refractivity contribution in [1.82, 2.24) is 9.59 Å². The van der Waals surface area contributed by atoms with Gasteiger partial charge in [0, 0.05) is 17.7 Å². The molecule has 0 bridgehead atoms. The zero-order valence-electron chi connectivity index (χ0n) is 16.9. The molecule has 2 N–H and O–H groups in total. The average molecular weight is 426 g/mol. The summed E-state index contributed by atoms with van der Waals surface area (Å²) < 4.78 is 15.2. The zero-order chi connectivity index (χ0) is 21.5. The molecule has 30 heavy (non-hydrogen) atoms. The molecular weight excluding hydrogens is 404 g/mol. The summed E-state index contributed by atoms with van der Waals surface area (Å²) in [5, 5.41) is 9.54. The first kappa shape index (κ1) is 21.3. The van der Waals surface area contributed by atoms with Crippen LogP contribution in [0.4, 0.5) is 11.4 Å². The fourth-order valence-corrected chi connectivity index (χ4v) is 3.26. The van der Waals surface area contributed by atoms with Gasteiger partial charge in [-0.15, -0.1) is 5.10 Å². The van der Waals surface area contributed by atoms with Gasteiger partial charge < -0.3 is 20.1 Å². The summed E-state index contributed by atoms with van der Waals surface area (Å²) in [6, 6.07) is 12.1. The average Bonchev–Trinajstić information content (AvgIpc) is 3.18. The molecule has 9 heteroatoms. The molecule has 3 rings (SSSR count). The smallest absolute Gasteiger partial charge is 0.269 e. The van der Waals surface area contributed by atoms with Crippen molar-refractivity contribution in [2.75, 3.05) is 23.8 Å². The van der Waals surface area contributed by atoms with Crippen molar-refractivity contribution in [2.24, 2.45) is 0 Å². The van der Waals surface area contributed by atoms with Crippen molar-refractivity contribution in [3.8, 4) is 11.5 Å². The number of rotatable bonds is 8. The number of benzene rings is 2. The Labute approximate surface area is 178 Å². The SMILES string of the molecule is CCOc1cc(NC(=O)c2snnc2C)c(OCC)cc1NC(=O)c1ccccc1. The molecule has 0 spiro atoms. The van der Waals surface area contributed by atoms with Crippen LogP contribution in [0, 0.1) is 6.92 Å². The Balaban J connectivity index is 1.93. The number of amides is 2. The topological polar surface area (TPSA) is 102 Å². The summed E-state index contributed by atoms with van der Waals surface area (Å²) in [5.74, 6) is 0.210. The van der Waals surface area contributed by atoms with Crippen LogP contribution in [0.15, 0.2) is 42.5 Å². The minimum atomic E-state index is -0.341. The van der Waals surface area contributed by atoms with Crippen molar-refractivity contribution in [2.45, 2.75) is 20.8 Å². The zero-order valence-corrected chi connectivity index (χ0v) is 17.7. The van der Waals surface area contributed by atoms with Crippen LogP contribution in [0.25, 0.3) is 0 Å². The Morgan fingerprint density at radius 3 is 2.00 bits per heavy atom. The van der Waals surface area contributed by atoms with Gasteiger partial charge in [0.2, 0.25) is 0 Å². The largest absolute Gasteiger partial charge is 0.492 e. The lowest BCUT2D eigenvalue weighted by molar-refractivity contribution is 0.101. The fraction of sp³-hybridized carbons (Fsp3) is 0.238. The highest BCUT2D eigenvalue weighted by atomic mass is 32.1. The molecule has 8 nitrogen and oxygen atoms in total. The standard InChI is InChI=1S/C21H22N4O4S/c1-4-28-17-12-16(23-21(27)19-13(3)24-25-30-19)18(29-5-2)11-15(17)22-20(26)14-9-7-6-8-10-14/h6-12H,4-5H2,1-3H3,(H,22,26)(H,23,27). The number of nitrogens with zero attached hydrogens (tertiary/aromatic N) is 2. The van der Waals surface area contributed by atoms with Crippen LogP contribution < -0.4 is 20.1 Å². The van der Waals surface area contributed by atoms with E-state index in [0.717, 1.165) is 11.5 Å². The van der Waals surface area contributed by atoms with Gasteiger partial charge in [-0.25, -0.2) is 0 Å². The van der Waals surface area contributed by atoms with Crippen LogP contribution in [-0.4, -0.2) is 34.6 Å². The normalized spacial score (nSPS) is 10.4. The van der Waals surface area contributed by atoms with Crippen molar-refractivity contribution in [3.63, 3.8) is 0 Å². The molecule has 3 aromatic rings. The molecular formula is C21H22N4O4S. The van der Waals surface area contributed by atoms with Crippen LogP contribution >= 0.6 is 11.5 Å². The maximum atomic E-state index is 12.6. The number of aromatic nitrogens is 2. The second-order valence-corrected chi connectivity index (χ2v) is 6.93. The van der Waals surface area contributed by atoms with Gasteiger partial charge in [-0.2, -0.15) is 0 Å². The van der Waals surface area contributed by atoms with E-state index in [9.17, 15) is 9.59 Å². The monoisotopic (exact) mass is 426 g/mol. The van der Waals surface area contributed by atoms with Crippen molar-refractivity contribution in [1.29, 1.82) is 0 Å². The van der Waals surface area contributed by atoms with E-state index >= 15 is 0 Å². The molecule has 0 atom stereocenters. The van der Waals surface area contributed by atoms with Crippen LogP contribution in [0.3, 0.4) is 0 Å².